The molecule has 6 heteroatoms. The Morgan fingerprint density at radius 1 is 0.938 bits per heavy atom. The van der Waals surface area contributed by atoms with E-state index in [0.29, 0.717) is 6.73 Å². The summed E-state index contributed by atoms with van der Waals surface area (Å²) in [7, 11) is 0. The first-order valence-electron chi connectivity index (χ1n) is 5.33. The molecule has 0 fully saturated rings. The SMILES string of the molecule is CCNCO[CH2][Sn+3].CC[S-].CC[S-].CC[S-]. The Labute approximate surface area is 132 Å². The third kappa shape index (κ3) is 103. The molecule has 0 unspecified atom stereocenters. The number of ether oxygens (including phenoxy) is 1. The van der Waals surface area contributed by atoms with Crippen LogP contribution in [0.5, 0.6) is 0 Å². The molecule has 0 radical (unpaired) electrons. The minimum absolute atomic E-state index is 0.710. The summed E-state index contributed by atoms with van der Waals surface area (Å²) in [6, 6.07) is 0. The average molecular weight is 390 g/mol. The molecule has 1 N–H and O–H groups in total. The fraction of sp³-hybridized carbons (Fsp3) is 1.00. The van der Waals surface area contributed by atoms with Gasteiger partial charge >= 0.3 is 57.4 Å². The summed E-state index contributed by atoms with van der Waals surface area (Å²) in [5.41, 5.74) is 0. The van der Waals surface area contributed by atoms with Gasteiger partial charge < -0.3 is 37.9 Å². The van der Waals surface area contributed by atoms with Crippen LogP contribution in [0.1, 0.15) is 27.7 Å². The number of hydrogen-bond donors (Lipinski definition) is 1. The molecule has 98 valence electrons. The summed E-state index contributed by atoms with van der Waals surface area (Å²) in [4.78, 5) is 0. The molecular weight excluding hydrogens is 365 g/mol. The van der Waals surface area contributed by atoms with Crippen molar-refractivity contribution in [3.63, 3.8) is 0 Å². The van der Waals surface area contributed by atoms with Gasteiger partial charge in [0.05, 0.1) is 0 Å². The Morgan fingerprint density at radius 3 is 1.44 bits per heavy atom. The molecule has 0 aromatic rings. The fourth-order valence-corrected chi connectivity index (χ4v) is 0.517. The zero-order valence-electron chi connectivity index (χ0n) is 10.9. The van der Waals surface area contributed by atoms with E-state index in [4.69, 9.17) is 4.74 Å². The Hall–Kier alpha value is 1.77. The molecule has 0 aromatic heterocycles. The van der Waals surface area contributed by atoms with Crippen molar-refractivity contribution >= 4 is 60.4 Å². The first kappa shape index (κ1) is 26.4. The second kappa shape index (κ2) is 43.7. The van der Waals surface area contributed by atoms with E-state index in [0.717, 1.165) is 28.4 Å². The van der Waals surface area contributed by atoms with Gasteiger partial charge in [0, 0.05) is 0 Å². The quantitative estimate of drug-likeness (QED) is 0.338. The molecule has 0 aliphatic heterocycles. The summed E-state index contributed by atoms with van der Waals surface area (Å²) in [5.74, 6) is 2.50. The third-order valence-electron chi connectivity index (χ3n) is 0.556. The zero-order valence-corrected chi connectivity index (χ0v) is 16.2. The maximum Gasteiger partial charge on any atom is -0.0874 e. The van der Waals surface area contributed by atoms with E-state index in [1.165, 1.54) is 22.5 Å². The molecule has 16 heavy (non-hydrogen) atoms. The summed E-state index contributed by atoms with van der Waals surface area (Å²) in [6.07, 6.45) is 0. The van der Waals surface area contributed by atoms with E-state index >= 15 is 0 Å². The van der Waals surface area contributed by atoms with Gasteiger partial charge in [-0.15, -0.1) is 0 Å². The van der Waals surface area contributed by atoms with Crippen molar-refractivity contribution in [1.82, 2.24) is 5.32 Å². The van der Waals surface area contributed by atoms with Gasteiger partial charge in [0.25, 0.3) is 0 Å². The van der Waals surface area contributed by atoms with Crippen molar-refractivity contribution in [3.8, 4) is 0 Å². The Bertz CT molecular complexity index is 65.3. The number of nitrogens with one attached hydrogen (secondary N) is 1. The van der Waals surface area contributed by atoms with Crippen LogP contribution >= 0.6 is 0 Å². The topological polar surface area (TPSA) is 21.3 Å². The van der Waals surface area contributed by atoms with E-state index in [2.05, 4.69) is 50.1 Å². The molecule has 0 saturated carbocycles. The predicted molar refractivity (Wildman–Crippen MR) is 84.0 cm³/mol. The minimum atomic E-state index is 0.710. The molecule has 0 saturated heterocycles. The second-order valence-corrected chi connectivity index (χ2v) is 4.52. The molecule has 0 aliphatic carbocycles. The average Bonchev–Trinajstić information content (AvgIpc) is 2.22. The van der Waals surface area contributed by atoms with Crippen LogP contribution in [-0.4, -0.2) is 57.7 Å². The molecular formula is C10H25NOS3Sn. The molecule has 0 aromatic carbocycles. The Balaban J connectivity index is -0.0000000677. The van der Waals surface area contributed by atoms with Gasteiger partial charge in [0.1, 0.15) is 0 Å². The van der Waals surface area contributed by atoms with Crippen molar-refractivity contribution in [2.24, 2.45) is 0 Å². The molecule has 2 nitrogen and oxygen atoms in total. The van der Waals surface area contributed by atoms with E-state index < -0.39 is 0 Å². The van der Waals surface area contributed by atoms with Gasteiger partial charge in [-0.1, -0.05) is 20.8 Å². The smallest absolute Gasteiger partial charge is 0.0874 e. The van der Waals surface area contributed by atoms with Crippen LogP contribution in [0.4, 0.5) is 0 Å². The third-order valence-corrected chi connectivity index (χ3v) is 1.14. The number of hydrogen-bond acceptors (Lipinski definition) is 5. The minimum Gasteiger partial charge on any atom is -0.793 e. The predicted octanol–water partition coefficient (Wildman–Crippen LogP) is 1.36. The molecule has 0 rings (SSSR count). The first-order chi connectivity index (χ1) is 7.66. The summed E-state index contributed by atoms with van der Waals surface area (Å²) >= 11 is 14.6. The zero-order chi connectivity index (χ0) is 13.7. The van der Waals surface area contributed by atoms with E-state index in [9.17, 15) is 0 Å². The molecule has 0 aliphatic rings. The molecule has 0 amide bonds. The fourth-order valence-electron chi connectivity index (χ4n) is 0.225. The largest absolute Gasteiger partial charge is 0.793 e. The van der Waals surface area contributed by atoms with Crippen molar-refractivity contribution in [2.75, 3.05) is 35.2 Å². The van der Waals surface area contributed by atoms with Crippen LogP contribution < -0.4 is 5.32 Å². The van der Waals surface area contributed by atoms with Crippen LogP contribution in [-0.2, 0) is 42.6 Å². The van der Waals surface area contributed by atoms with Gasteiger partial charge in [-0.05, 0) is 0 Å². The molecule has 0 bridgehead atoms. The molecule has 0 spiro atoms. The van der Waals surface area contributed by atoms with E-state index in [1.54, 1.807) is 0 Å². The van der Waals surface area contributed by atoms with Gasteiger partial charge in [-0.25, -0.2) is 0 Å². The van der Waals surface area contributed by atoms with Crippen molar-refractivity contribution in [1.29, 1.82) is 0 Å². The maximum atomic E-state index is 5.00. The molecule has 0 heterocycles. The van der Waals surface area contributed by atoms with E-state index in [1.807, 2.05) is 20.8 Å². The van der Waals surface area contributed by atoms with Gasteiger partial charge in [-0.2, -0.15) is 17.3 Å². The monoisotopic (exact) mass is 391 g/mol. The summed E-state index contributed by atoms with van der Waals surface area (Å²) in [6.45, 7) is 9.59. The summed E-state index contributed by atoms with van der Waals surface area (Å²) in [5, 5.41) is 3.04. The van der Waals surface area contributed by atoms with Crippen LogP contribution in [0.15, 0.2) is 0 Å². The normalized spacial score (nSPS) is 7.56. The van der Waals surface area contributed by atoms with Crippen LogP contribution in [0.25, 0.3) is 0 Å². The second-order valence-electron chi connectivity index (χ2n) is 1.96. The van der Waals surface area contributed by atoms with Crippen LogP contribution in [0, 0.1) is 0 Å². The Morgan fingerprint density at radius 2 is 1.25 bits per heavy atom. The van der Waals surface area contributed by atoms with Crippen molar-refractivity contribution in [2.45, 2.75) is 27.7 Å². The number of rotatable bonds is 4. The van der Waals surface area contributed by atoms with Crippen LogP contribution in [0.3, 0.4) is 0 Å². The summed E-state index contributed by atoms with van der Waals surface area (Å²) < 4.78 is 5.89. The van der Waals surface area contributed by atoms with Gasteiger partial charge in [0.15, 0.2) is 0 Å². The Kier molecular flexibility index (Phi) is 72.0. The molecule has 0 atom stereocenters. The van der Waals surface area contributed by atoms with Crippen molar-refractivity contribution in [3.05, 3.63) is 0 Å². The van der Waals surface area contributed by atoms with Crippen LogP contribution in [0.2, 0.25) is 0 Å². The standard InChI is InChI=1S/C4H10NO.3C2H6S.Sn/c1-3-5-4-6-2;3*1-2-3;/h5H,2-4H2,1H3;3*3H,2H2,1H3;/q;;;;+3/p-3. The maximum absolute atomic E-state index is 5.00. The van der Waals surface area contributed by atoms with E-state index in [-0.39, 0.29) is 0 Å². The first-order valence-corrected chi connectivity index (χ1v) is 9.08. The van der Waals surface area contributed by atoms with Gasteiger partial charge in [0.2, 0.25) is 0 Å². The van der Waals surface area contributed by atoms with Gasteiger partial charge in [-0.3, -0.25) is 0 Å². The van der Waals surface area contributed by atoms with Crippen molar-refractivity contribution < 1.29 is 4.74 Å².